The van der Waals surface area contributed by atoms with Crippen molar-refractivity contribution in [1.29, 1.82) is 0 Å². The molecular weight excluding hydrogens is 206 g/mol. The quantitative estimate of drug-likeness (QED) is 0.795. The van der Waals surface area contributed by atoms with E-state index >= 15 is 0 Å². The number of anilines is 3. The van der Waals surface area contributed by atoms with Crippen LogP contribution in [0.4, 0.5) is 17.6 Å². The molecule has 0 radical (unpaired) electrons. The van der Waals surface area contributed by atoms with E-state index in [0.717, 1.165) is 5.76 Å². The molecule has 84 valence electrons. The van der Waals surface area contributed by atoms with Gasteiger partial charge in [-0.25, -0.2) is 0 Å². The van der Waals surface area contributed by atoms with Gasteiger partial charge in [0, 0.05) is 13.1 Å². The number of furan rings is 1. The van der Waals surface area contributed by atoms with Crippen molar-refractivity contribution in [2.75, 3.05) is 23.4 Å². The summed E-state index contributed by atoms with van der Waals surface area (Å²) in [6.45, 7) is 0.600. The van der Waals surface area contributed by atoms with Gasteiger partial charge in [-0.2, -0.15) is 9.97 Å². The Bertz CT molecular complexity index is 448. The van der Waals surface area contributed by atoms with Crippen LogP contribution in [0, 0.1) is 0 Å². The summed E-state index contributed by atoms with van der Waals surface area (Å²) in [6, 6.07) is 5.40. The van der Waals surface area contributed by atoms with Gasteiger partial charge in [0.05, 0.1) is 12.8 Å². The Kier molecular flexibility index (Phi) is 2.63. The molecule has 4 N–H and O–H groups in total. The highest BCUT2D eigenvalue weighted by molar-refractivity contribution is 5.49. The Morgan fingerprint density at radius 1 is 1.38 bits per heavy atom. The monoisotopic (exact) mass is 219 g/mol. The zero-order chi connectivity index (χ0) is 11.5. The third-order valence-corrected chi connectivity index (χ3v) is 2.11. The molecule has 6 heteroatoms. The second kappa shape index (κ2) is 4.09. The highest BCUT2D eigenvalue weighted by Crippen LogP contribution is 2.16. The average molecular weight is 219 g/mol. The van der Waals surface area contributed by atoms with Crippen molar-refractivity contribution in [3.63, 3.8) is 0 Å². The number of nitrogen functional groups attached to an aromatic ring is 2. The number of rotatable bonds is 3. The molecule has 0 aliphatic heterocycles. The minimum atomic E-state index is 0.168. The van der Waals surface area contributed by atoms with Crippen molar-refractivity contribution in [2.24, 2.45) is 0 Å². The molecule has 0 saturated heterocycles. The normalized spacial score (nSPS) is 10.3. The zero-order valence-corrected chi connectivity index (χ0v) is 8.92. The fourth-order valence-corrected chi connectivity index (χ4v) is 1.38. The van der Waals surface area contributed by atoms with Crippen LogP contribution in [0.3, 0.4) is 0 Å². The molecule has 6 nitrogen and oxygen atoms in total. The Balaban J connectivity index is 2.17. The van der Waals surface area contributed by atoms with Gasteiger partial charge < -0.3 is 20.8 Å². The highest BCUT2D eigenvalue weighted by atomic mass is 16.3. The summed E-state index contributed by atoms with van der Waals surface area (Å²) in [5, 5.41) is 0. The van der Waals surface area contributed by atoms with Gasteiger partial charge in [0.2, 0.25) is 5.95 Å². The summed E-state index contributed by atoms with van der Waals surface area (Å²) in [6.07, 6.45) is 1.63. The summed E-state index contributed by atoms with van der Waals surface area (Å²) in [4.78, 5) is 9.78. The molecule has 0 aliphatic rings. The first-order valence-electron chi connectivity index (χ1n) is 4.78. The first-order valence-corrected chi connectivity index (χ1v) is 4.78. The maximum absolute atomic E-state index is 5.59. The van der Waals surface area contributed by atoms with Crippen LogP contribution < -0.4 is 16.4 Å². The molecule has 0 fully saturated rings. The predicted molar refractivity (Wildman–Crippen MR) is 61.7 cm³/mol. The minimum Gasteiger partial charge on any atom is -0.467 e. The van der Waals surface area contributed by atoms with Crippen molar-refractivity contribution in [1.82, 2.24) is 9.97 Å². The number of nitrogens with two attached hydrogens (primary N) is 2. The molecular formula is C10H13N5O. The molecule has 0 aliphatic carbocycles. The molecule has 16 heavy (non-hydrogen) atoms. The van der Waals surface area contributed by atoms with Gasteiger partial charge in [0.15, 0.2) is 0 Å². The van der Waals surface area contributed by atoms with Gasteiger partial charge in [-0.15, -0.1) is 0 Å². The number of hydrogen-bond donors (Lipinski definition) is 2. The molecule has 2 rings (SSSR count). The lowest BCUT2D eigenvalue weighted by Crippen LogP contribution is -2.18. The predicted octanol–water partition coefficient (Wildman–Crippen LogP) is 0.870. The molecule has 0 spiro atoms. The van der Waals surface area contributed by atoms with Crippen LogP contribution in [0.1, 0.15) is 5.76 Å². The Morgan fingerprint density at radius 2 is 2.19 bits per heavy atom. The van der Waals surface area contributed by atoms with Gasteiger partial charge in [0.25, 0.3) is 0 Å². The Morgan fingerprint density at radius 3 is 2.81 bits per heavy atom. The minimum absolute atomic E-state index is 0.168. The van der Waals surface area contributed by atoms with E-state index in [1.54, 1.807) is 12.3 Å². The van der Waals surface area contributed by atoms with Crippen LogP contribution >= 0.6 is 0 Å². The lowest BCUT2D eigenvalue weighted by Gasteiger charge is -2.16. The van der Waals surface area contributed by atoms with Crippen molar-refractivity contribution in [3.05, 3.63) is 30.2 Å². The summed E-state index contributed by atoms with van der Waals surface area (Å²) < 4.78 is 5.24. The molecule has 0 unspecified atom stereocenters. The molecule has 0 saturated carbocycles. The molecule has 2 aromatic heterocycles. The molecule has 2 heterocycles. The Labute approximate surface area is 92.9 Å². The van der Waals surface area contributed by atoms with Gasteiger partial charge in [-0.05, 0) is 12.1 Å². The average Bonchev–Trinajstić information content (AvgIpc) is 2.68. The van der Waals surface area contributed by atoms with E-state index in [1.807, 2.05) is 24.1 Å². The van der Waals surface area contributed by atoms with Crippen LogP contribution in [-0.4, -0.2) is 17.0 Å². The van der Waals surface area contributed by atoms with Gasteiger partial charge in [-0.3, -0.25) is 0 Å². The topological polar surface area (TPSA) is 94.2 Å². The van der Waals surface area contributed by atoms with Crippen molar-refractivity contribution in [2.45, 2.75) is 6.54 Å². The maximum atomic E-state index is 5.59. The summed E-state index contributed by atoms with van der Waals surface area (Å²) in [5.41, 5.74) is 11.1. The van der Waals surface area contributed by atoms with E-state index < -0.39 is 0 Å². The summed E-state index contributed by atoms with van der Waals surface area (Å²) in [7, 11) is 1.88. The van der Waals surface area contributed by atoms with Gasteiger partial charge in [-0.1, -0.05) is 0 Å². The third kappa shape index (κ3) is 2.22. The maximum Gasteiger partial charge on any atom is 0.223 e. The lowest BCUT2D eigenvalue weighted by atomic mass is 10.4. The first kappa shape index (κ1) is 10.3. The SMILES string of the molecule is CN(Cc1ccco1)c1cc(N)nc(N)n1. The fourth-order valence-electron chi connectivity index (χ4n) is 1.38. The summed E-state index contributed by atoms with van der Waals surface area (Å²) >= 11 is 0. The van der Waals surface area contributed by atoms with E-state index in [4.69, 9.17) is 15.9 Å². The molecule has 0 amide bonds. The van der Waals surface area contributed by atoms with E-state index in [1.165, 1.54) is 0 Å². The fraction of sp³-hybridized carbons (Fsp3) is 0.200. The van der Waals surface area contributed by atoms with Gasteiger partial charge in [0.1, 0.15) is 17.4 Å². The lowest BCUT2D eigenvalue weighted by molar-refractivity contribution is 0.507. The smallest absolute Gasteiger partial charge is 0.223 e. The number of aromatic nitrogens is 2. The summed E-state index contributed by atoms with van der Waals surface area (Å²) in [5.74, 6) is 2.04. The van der Waals surface area contributed by atoms with E-state index in [9.17, 15) is 0 Å². The molecule has 2 aromatic rings. The van der Waals surface area contributed by atoms with Crippen LogP contribution in [-0.2, 0) is 6.54 Å². The van der Waals surface area contributed by atoms with E-state index in [0.29, 0.717) is 18.2 Å². The Hall–Kier alpha value is -2.24. The van der Waals surface area contributed by atoms with E-state index in [-0.39, 0.29) is 5.95 Å². The second-order valence-electron chi connectivity index (χ2n) is 3.44. The van der Waals surface area contributed by atoms with Crippen LogP contribution in [0.2, 0.25) is 0 Å². The van der Waals surface area contributed by atoms with Crippen LogP contribution in [0.5, 0.6) is 0 Å². The van der Waals surface area contributed by atoms with Crippen molar-refractivity contribution in [3.8, 4) is 0 Å². The van der Waals surface area contributed by atoms with Crippen molar-refractivity contribution >= 4 is 17.6 Å². The molecule has 0 atom stereocenters. The number of nitrogens with zero attached hydrogens (tertiary/aromatic N) is 3. The van der Waals surface area contributed by atoms with Gasteiger partial charge >= 0.3 is 0 Å². The third-order valence-electron chi connectivity index (χ3n) is 2.11. The molecule has 0 bridgehead atoms. The standard InChI is InChI=1S/C10H13N5O/c1-15(6-7-3-2-4-16-7)9-5-8(11)13-10(12)14-9/h2-5H,6H2,1H3,(H4,11,12,13,14). The molecule has 0 aromatic carbocycles. The van der Waals surface area contributed by atoms with Crippen LogP contribution in [0.15, 0.2) is 28.9 Å². The van der Waals surface area contributed by atoms with Crippen LogP contribution in [0.25, 0.3) is 0 Å². The largest absolute Gasteiger partial charge is 0.467 e. The number of hydrogen-bond acceptors (Lipinski definition) is 6. The van der Waals surface area contributed by atoms with Crippen molar-refractivity contribution < 1.29 is 4.42 Å². The highest BCUT2D eigenvalue weighted by Gasteiger charge is 2.07. The second-order valence-corrected chi connectivity index (χ2v) is 3.44. The van der Waals surface area contributed by atoms with E-state index in [2.05, 4.69) is 9.97 Å². The first-order chi connectivity index (χ1) is 7.65. The zero-order valence-electron chi connectivity index (χ0n) is 8.92.